The van der Waals surface area contributed by atoms with Crippen LogP contribution in [0.15, 0.2) is 41.5 Å². The zero-order valence-corrected chi connectivity index (χ0v) is 6.77. The molecule has 1 aliphatic heterocycles. The molecule has 0 amide bonds. The third kappa shape index (κ3) is 1.42. The fraction of sp³-hybridized carbons (Fsp3) is 0.200. The molecular formula is C10H10N2. The highest BCUT2D eigenvalue weighted by Gasteiger charge is 2.01. The summed E-state index contributed by atoms with van der Waals surface area (Å²) >= 11 is 0. The summed E-state index contributed by atoms with van der Waals surface area (Å²) < 4.78 is 0. The van der Waals surface area contributed by atoms with Gasteiger partial charge in [-0.25, -0.2) is 0 Å². The molecule has 0 saturated heterocycles. The van der Waals surface area contributed by atoms with Gasteiger partial charge in [0.25, 0.3) is 0 Å². The van der Waals surface area contributed by atoms with Crippen LogP contribution >= 0.6 is 0 Å². The van der Waals surface area contributed by atoms with E-state index in [-0.39, 0.29) is 0 Å². The van der Waals surface area contributed by atoms with Crippen molar-refractivity contribution in [3.8, 4) is 0 Å². The molecule has 2 rings (SSSR count). The van der Waals surface area contributed by atoms with Crippen molar-refractivity contribution in [2.75, 3.05) is 6.54 Å². The van der Waals surface area contributed by atoms with Crippen LogP contribution in [0.25, 0.3) is 0 Å². The number of nitrogens with zero attached hydrogens (tertiary/aromatic N) is 2. The molecule has 0 aromatic carbocycles. The van der Waals surface area contributed by atoms with Gasteiger partial charge in [-0.15, -0.1) is 0 Å². The van der Waals surface area contributed by atoms with Crippen molar-refractivity contribution < 1.29 is 0 Å². The summed E-state index contributed by atoms with van der Waals surface area (Å²) in [5.74, 6) is 0. The number of aromatic nitrogens is 1. The minimum Gasteiger partial charge on any atom is -0.283 e. The van der Waals surface area contributed by atoms with Gasteiger partial charge in [0, 0.05) is 12.7 Å². The van der Waals surface area contributed by atoms with Gasteiger partial charge in [0.15, 0.2) is 0 Å². The molecule has 0 radical (unpaired) electrons. The van der Waals surface area contributed by atoms with Crippen molar-refractivity contribution in [1.82, 2.24) is 4.98 Å². The Morgan fingerprint density at radius 1 is 1.25 bits per heavy atom. The Morgan fingerprint density at radius 3 is 2.92 bits per heavy atom. The predicted molar refractivity (Wildman–Crippen MR) is 49.4 cm³/mol. The summed E-state index contributed by atoms with van der Waals surface area (Å²) in [6, 6.07) is 5.87. The second-order valence-corrected chi connectivity index (χ2v) is 2.67. The first kappa shape index (κ1) is 7.22. The first-order valence-electron chi connectivity index (χ1n) is 4.09. The number of dihydropyridines is 1. The quantitative estimate of drug-likeness (QED) is 0.612. The zero-order chi connectivity index (χ0) is 8.23. The van der Waals surface area contributed by atoms with Crippen LogP contribution in [0.3, 0.4) is 0 Å². The van der Waals surface area contributed by atoms with Crippen molar-refractivity contribution in [3.63, 3.8) is 0 Å². The third-order valence-corrected chi connectivity index (χ3v) is 1.78. The minimum atomic E-state index is 0.891. The first-order valence-corrected chi connectivity index (χ1v) is 4.09. The molecule has 2 heterocycles. The first-order chi connectivity index (χ1) is 5.97. The minimum absolute atomic E-state index is 0.891. The zero-order valence-electron chi connectivity index (χ0n) is 6.77. The number of hydrogen-bond acceptors (Lipinski definition) is 2. The van der Waals surface area contributed by atoms with Crippen LogP contribution in [0.5, 0.6) is 0 Å². The Hall–Kier alpha value is -1.44. The number of hydrogen-bond donors (Lipinski definition) is 0. The molecule has 1 aromatic heterocycles. The lowest BCUT2D eigenvalue weighted by atomic mass is 10.2. The van der Waals surface area contributed by atoms with Gasteiger partial charge in [0.1, 0.15) is 0 Å². The van der Waals surface area contributed by atoms with Crippen molar-refractivity contribution in [2.24, 2.45) is 4.99 Å². The number of pyridine rings is 1. The summed E-state index contributed by atoms with van der Waals surface area (Å²) in [4.78, 5) is 8.59. The lowest BCUT2D eigenvalue weighted by Crippen LogP contribution is -2.03. The van der Waals surface area contributed by atoms with Gasteiger partial charge in [-0.05, 0) is 24.6 Å². The van der Waals surface area contributed by atoms with Crippen molar-refractivity contribution >= 4 is 5.71 Å². The topological polar surface area (TPSA) is 25.2 Å². The van der Waals surface area contributed by atoms with Crippen LogP contribution in [0.2, 0.25) is 0 Å². The van der Waals surface area contributed by atoms with E-state index in [0.29, 0.717) is 0 Å². The smallest absolute Gasteiger partial charge is 0.0881 e. The molecule has 0 bridgehead atoms. The van der Waals surface area contributed by atoms with Gasteiger partial charge >= 0.3 is 0 Å². The van der Waals surface area contributed by atoms with Crippen LogP contribution in [-0.2, 0) is 0 Å². The fourth-order valence-corrected chi connectivity index (χ4v) is 1.19. The molecular weight excluding hydrogens is 148 g/mol. The van der Waals surface area contributed by atoms with Gasteiger partial charge in [-0.1, -0.05) is 12.1 Å². The van der Waals surface area contributed by atoms with Crippen LogP contribution in [0.1, 0.15) is 12.1 Å². The number of aliphatic imine (C=N–C) groups is 1. The number of rotatable bonds is 1. The van der Waals surface area contributed by atoms with Crippen LogP contribution in [0, 0.1) is 0 Å². The molecule has 0 aliphatic carbocycles. The van der Waals surface area contributed by atoms with Gasteiger partial charge in [-0.3, -0.25) is 9.98 Å². The van der Waals surface area contributed by atoms with E-state index in [0.717, 1.165) is 24.4 Å². The Bertz CT molecular complexity index is 312. The lowest BCUT2D eigenvalue weighted by molar-refractivity contribution is 0.991. The molecule has 0 fully saturated rings. The average molecular weight is 158 g/mol. The summed E-state index contributed by atoms with van der Waals surface area (Å²) in [6.45, 7) is 0.891. The van der Waals surface area contributed by atoms with E-state index < -0.39 is 0 Å². The molecule has 2 heteroatoms. The highest BCUT2D eigenvalue weighted by atomic mass is 14.8. The van der Waals surface area contributed by atoms with E-state index in [1.54, 1.807) is 6.20 Å². The average Bonchev–Trinajstić information content (AvgIpc) is 2.21. The molecule has 0 saturated carbocycles. The van der Waals surface area contributed by atoms with Crippen LogP contribution in [0.4, 0.5) is 0 Å². The summed E-state index contributed by atoms with van der Waals surface area (Å²) in [5.41, 5.74) is 1.97. The highest BCUT2D eigenvalue weighted by molar-refractivity contribution is 6.07. The van der Waals surface area contributed by atoms with Crippen molar-refractivity contribution in [2.45, 2.75) is 6.42 Å². The van der Waals surface area contributed by atoms with Gasteiger partial charge in [0.2, 0.25) is 0 Å². The largest absolute Gasteiger partial charge is 0.283 e. The Morgan fingerprint density at radius 2 is 2.25 bits per heavy atom. The van der Waals surface area contributed by atoms with E-state index >= 15 is 0 Å². The summed E-state index contributed by atoms with van der Waals surface area (Å²) in [5, 5.41) is 0. The van der Waals surface area contributed by atoms with Crippen LogP contribution < -0.4 is 0 Å². The maximum atomic E-state index is 4.37. The van der Waals surface area contributed by atoms with Gasteiger partial charge in [-0.2, -0.15) is 0 Å². The molecule has 12 heavy (non-hydrogen) atoms. The van der Waals surface area contributed by atoms with Gasteiger partial charge < -0.3 is 0 Å². The lowest BCUT2D eigenvalue weighted by Gasteiger charge is -2.03. The highest BCUT2D eigenvalue weighted by Crippen LogP contribution is 2.03. The fourth-order valence-electron chi connectivity index (χ4n) is 1.19. The third-order valence-electron chi connectivity index (χ3n) is 1.78. The molecule has 0 spiro atoms. The van der Waals surface area contributed by atoms with E-state index in [9.17, 15) is 0 Å². The normalized spacial score (nSPS) is 15.8. The molecule has 0 N–H and O–H groups in total. The SMILES string of the molecule is C1=CC(c2ccccn2)=NCC1. The molecule has 1 aromatic rings. The van der Waals surface area contributed by atoms with E-state index in [4.69, 9.17) is 0 Å². The van der Waals surface area contributed by atoms with Crippen LogP contribution in [-0.4, -0.2) is 17.2 Å². The summed E-state index contributed by atoms with van der Waals surface area (Å²) in [7, 11) is 0. The standard InChI is InChI=1S/C10H10N2/c1-3-7-11-9(5-1)10-6-2-4-8-12-10/h1-3,5-7H,4,8H2. The Balaban J connectivity index is 2.31. The number of allylic oxidation sites excluding steroid dienone is 1. The molecule has 1 aliphatic rings. The van der Waals surface area contributed by atoms with E-state index in [2.05, 4.69) is 16.1 Å². The maximum Gasteiger partial charge on any atom is 0.0881 e. The predicted octanol–water partition coefficient (Wildman–Crippen LogP) is 1.83. The van der Waals surface area contributed by atoms with Crippen molar-refractivity contribution in [3.05, 3.63) is 42.2 Å². The van der Waals surface area contributed by atoms with E-state index in [1.807, 2.05) is 24.3 Å². The Kier molecular flexibility index (Phi) is 1.99. The maximum absolute atomic E-state index is 4.37. The van der Waals surface area contributed by atoms with Crippen molar-refractivity contribution in [1.29, 1.82) is 0 Å². The second kappa shape index (κ2) is 3.30. The molecule has 60 valence electrons. The second-order valence-electron chi connectivity index (χ2n) is 2.67. The van der Waals surface area contributed by atoms with E-state index in [1.165, 1.54) is 0 Å². The molecule has 2 nitrogen and oxygen atoms in total. The summed E-state index contributed by atoms with van der Waals surface area (Å²) in [6.07, 6.45) is 7.01. The monoisotopic (exact) mass is 158 g/mol. The molecule has 0 unspecified atom stereocenters. The Labute approximate surface area is 71.7 Å². The van der Waals surface area contributed by atoms with Gasteiger partial charge in [0.05, 0.1) is 11.4 Å². The molecule has 0 atom stereocenters.